The lowest BCUT2D eigenvalue weighted by molar-refractivity contribution is 0.0730. The molecule has 0 N–H and O–H groups in total. The summed E-state index contributed by atoms with van der Waals surface area (Å²) in [6.07, 6.45) is 1.56. The highest BCUT2D eigenvalue weighted by Gasteiger charge is 2.17. The van der Waals surface area contributed by atoms with Gasteiger partial charge in [-0.3, -0.25) is 0 Å². The third-order valence-electron chi connectivity index (χ3n) is 2.78. The fourth-order valence-electron chi connectivity index (χ4n) is 1.69. The summed E-state index contributed by atoms with van der Waals surface area (Å²) >= 11 is 1.14. The highest BCUT2D eigenvalue weighted by molar-refractivity contribution is 7.99. The number of rotatable bonds is 4. The van der Waals surface area contributed by atoms with Crippen LogP contribution in [0.1, 0.15) is 10.4 Å². The number of carbonyl (C=O) groups is 1. The largest absolute Gasteiger partial charge is 0.423 e. The molecule has 0 amide bonds. The molecule has 2 aromatic heterocycles. The van der Waals surface area contributed by atoms with E-state index in [0.29, 0.717) is 10.2 Å². The molecule has 0 aliphatic rings. The first kappa shape index (κ1) is 15.1. The summed E-state index contributed by atoms with van der Waals surface area (Å²) in [6, 6.07) is 8.40. The summed E-state index contributed by atoms with van der Waals surface area (Å²) in [5.74, 6) is -0.754. The maximum Gasteiger partial charge on any atom is 0.346 e. The van der Waals surface area contributed by atoms with Crippen molar-refractivity contribution in [3.8, 4) is 5.75 Å². The predicted octanol–water partition coefficient (Wildman–Crippen LogP) is 2.11. The van der Waals surface area contributed by atoms with Crippen LogP contribution in [0.25, 0.3) is 0 Å². The molecule has 3 rings (SSSR count). The second-order valence-corrected chi connectivity index (χ2v) is 5.34. The molecule has 23 heavy (non-hydrogen) atoms. The fraction of sp³-hybridized carbons (Fsp3) is 0.0714. The van der Waals surface area contributed by atoms with Gasteiger partial charge in [-0.25, -0.2) is 18.9 Å². The van der Waals surface area contributed by atoms with Gasteiger partial charge in [-0.2, -0.15) is 0 Å². The number of hydrogen-bond acceptors (Lipinski definition) is 7. The normalized spacial score (nSPS) is 10.5. The molecule has 0 radical (unpaired) electrons. The van der Waals surface area contributed by atoms with Gasteiger partial charge in [0.05, 0.1) is 5.56 Å². The van der Waals surface area contributed by atoms with E-state index in [1.807, 2.05) is 0 Å². The van der Waals surface area contributed by atoms with Crippen LogP contribution in [0.15, 0.2) is 52.8 Å². The highest BCUT2D eigenvalue weighted by Crippen LogP contribution is 2.27. The minimum atomic E-state index is -0.595. The number of hydrogen-bond donors (Lipinski definition) is 0. The monoisotopic (exact) mass is 331 g/mol. The van der Waals surface area contributed by atoms with Gasteiger partial charge in [-0.05, 0) is 58.6 Å². The Morgan fingerprint density at radius 1 is 1.26 bits per heavy atom. The number of nitrogens with zero attached hydrogens (tertiary/aromatic N) is 5. The zero-order valence-corrected chi connectivity index (χ0v) is 12.7. The molecule has 0 bridgehead atoms. The zero-order chi connectivity index (χ0) is 16.2. The van der Waals surface area contributed by atoms with E-state index in [2.05, 4.69) is 20.5 Å². The molecule has 0 atom stereocenters. The molecule has 0 unspecified atom stereocenters. The molecule has 9 heteroatoms. The molecule has 1 aromatic carbocycles. The van der Waals surface area contributed by atoms with E-state index in [1.165, 1.54) is 28.9 Å². The van der Waals surface area contributed by atoms with Crippen LogP contribution in [-0.4, -0.2) is 31.2 Å². The summed E-state index contributed by atoms with van der Waals surface area (Å²) in [4.78, 5) is 16.5. The second kappa shape index (κ2) is 6.53. The van der Waals surface area contributed by atoms with E-state index in [-0.39, 0.29) is 11.3 Å². The van der Waals surface area contributed by atoms with Crippen LogP contribution in [-0.2, 0) is 7.05 Å². The minimum absolute atomic E-state index is 0.247. The molecule has 0 aliphatic carbocycles. The number of esters is 1. The molecule has 0 saturated carbocycles. The van der Waals surface area contributed by atoms with Gasteiger partial charge in [-0.1, -0.05) is 0 Å². The van der Waals surface area contributed by atoms with Crippen LogP contribution in [0.3, 0.4) is 0 Å². The van der Waals surface area contributed by atoms with Crippen LogP contribution in [0.2, 0.25) is 0 Å². The van der Waals surface area contributed by atoms with Crippen molar-refractivity contribution in [1.29, 1.82) is 0 Å². The maximum absolute atomic E-state index is 12.9. The Hall–Kier alpha value is -2.81. The van der Waals surface area contributed by atoms with Crippen molar-refractivity contribution in [2.75, 3.05) is 0 Å². The van der Waals surface area contributed by atoms with Gasteiger partial charge in [0.1, 0.15) is 16.6 Å². The molecule has 0 saturated heterocycles. The number of pyridine rings is 1. The fourth-order valence-corrected chi connectivity index (χ4v) is 2.48. The quantitative estimate of drug-likeness (QED) is 0.535. The number of tetrazole rings is 1. The van der Waals surface area contributed by atoms with E-state index in [1.54, 1.807) is 25.4 Å². The lowest BCUT2D eigenvalue weighted by Gasteiger charge is -2.07. The van der Waals surface area contributed by atoms with E-state index in [9.17, 15) is 9.18 Å². The van der Waals surface area contributed by atoms with Crippen molar-refractivity contribution in [2.45, 2.75) is 10.2 Å². The molecular weight excluding hydrogens is 321 g/mol. The van der Waals surface area contributed by atoms with Gasteiger partial charge in [0.25, 0.3) is 0 Å². The highest BCUT2D eigenvalue weighted by atomic mass is 32.2. The van der Waals surface area contributed by atoms with Gasteiger partial charge in [-0.15, -0.1) is 5.10 Å². The average molecular weight is 331 g/mol. The number of ether oxygens (including phenoxy) is 1. The average Bonchev–Trinajstić information content (AvgIpc) is 2.95. The summed E-state index contributed by atoms with van der Waals surface area (Å²) < 4.78 is 19.6. The van der Waals surface area contributed by atoms with E-state index in [0.717, 1.165) is 11.8 Å². The van der Waals surface area contributed by atoms with Gasteiger partial charge >= 0.3 is 5.97 Å². The number of aryl methyl sites for hydroxylation is 1. The summed E-state index contributed by atoms with van der Waals surface area (Å²) in [5, 5.41) is 12.0. The third kappa shape index (κ3) is 3.51. The zero-order valence-electron chi connectivity index (χ0n) is 11.9. The molecule has 0 fully saturated rings. The Morgan fingerprint density at radius 3 is 2.74 bits per heavy atom. The summed E-state index contributed by atoms with van der Waals surface area (Å²) in [5.41, 5.74) is 0.268. The first-order chi connectivity index (χ1) is 11.1. The van der Waals surface area contributed by atoms with Crippen LogP contribution in [0.4, 0.5) is 4.39 Å². The van der Waals surface area contributed by atoms with Crippen molar-refractivity contribution < 1.29 is 13.9 Å². The predicted molar refractivity (Wildman–Crippen MR) is 78.5 cm³/mol. The molecule has 0 spiro atoms. The lowest BCUT2D eigenvalue weighted by atomic mass is 10.3. The number of halogens is 1. The first-order valence-corrected chi connectivity index (χ1v) is 7.28. The Kier molecular flexibility index (Phi) is 4.29. The van der Waals surface area contributed by atoms with Gasteiger partial charge in [0.15, 0.2) is 0 Å². The lowest BCUT2D eigenvalue weighted by Crippen LogP contribution is -2.10. The summed E-state index contributed by atoms with van der Waals surface area (Å²) in [7, 11) is 1.68. The standard InChI is InChI=1S/C14H10FN5O2S/c1-20-14(17-18-19-20)23-12-11(3-2-8-16-12)13(21)22-10-6-4-9(15)5-7-10/h2-8H,1H3. The molecule has 116 valence electrons. The Balaban J connectivity index is 1.83. The van der Waals surface area contributed by atoms with Crippen LogP contribution in [0, 0.1) is 5.82 Å². The van der Waals surface area contributed by atoms with E-state index >= 15 is 0 Å². The summed E-state index contributed by atoms with van der Waals surface area (Å²) in [6.45, 7) is 0. The van der Waals surface area contributed by atoms with Crippen molar-refractivity contribution in [3.63, 3.8) is 0 Å². The molecule has 3 aromatic rings. The maximum atomic E-state index is 12.9. The van der Waals surface area contributed by atoms with E-state index < -0.39 is 11.8 Å². The SMILES string of the molecule is Cn1nnnc1Sc1ncccc1C(=O)Oc1ccc(F)cc1. The van der Waals surface area contributed by atoms with Crippen molar-refractivity contribution in [1.82, 2.24) is 25.2 Å². The second-order valence-electron chi connectivity index (χ2n) is 4.39. The van der Waals surface area contributed by atoms with E-state index in [4.69, 9.17) is 4.74 Å². The molecule has 0 aliphatic heterocycles. The van der Waals surface area contributed by atoms with Crippen molar-refractivity contribution in [3.05, 3.63) is 54.0 Å². The minimum Gasteiger partial charge on any atom is -0.423 e. The van der Waals surface area contributed by atoms with Crippen molar-refractivity contribution in [2.24, 2.45) is 7.05 Å². The number of aromatic nitrogens is 5. The number of carbonyl (C=O) groups excluding carboxylic acids is 1. The number of benzene rings is 1. The smallest absolute Gasteiger partial charge is 0.346 e. The topological polar surface area (TPSA) is 82.8 Å². The Morgan fingerprint density at radius 2 is 2.04 bits per heavy atom. The van der Waals surface area contributed by atoms with Crippen LogP contribution in [0.5, 0.6) is 5.75 Å². The van der Waals surface area contributed by atoms with Gasteiger partial charge in [0.2, 0.25) is 5.16 Å². The Bertz CT molecular complexity index is 837. The third-order valence-corrected chi connectivity index (χ3v) is 3.83. The Labute approximate surface area is 134 Å². The van der Waals surface area contributed by atoms with Gasteiger partial charge in [0, 0.05) is 13.2 Å². The van der Waals surface area contributed by atoms with Crippen LogP contribution >= 0.6 is 11.8 Å². The molecular formula is C14H10FN5O2S. The van der Waals surface area contributed by atoms with Crippen molar-refractivity contribution >= 4 is 17.7 Å². The van der Waals surface area contributed by atoms with Crippen LogP contribution < -0.4 is 4.74 Å². The molecule has 7 nitrogen and oxygen atoms in total. The first-order valence-electron chi connectivity index (χ1n) is 6.46. The van der Waals surface area contributed by atoms with Gasteiger partial charge < -0.3 is 4.74 Å². The molecule has 2 heterocycles.